The zero-order chi connectivity index (χ0) is 23.4. The first-order chi connectivity index (χ1) is 15.2. The molecule has 0 amide bonds. The summed E-state index contributed by atoms with van der Waals surface area (Å²) >= 11 is 0. The largest absolute Gasteiger partial charge is 0.454 e. The molecule has 2 N–H and O–H groups in total. The Morgan fingerprint density at radius 1 is 1.16 bits per heavy atom. The number of ketones is 1. The number of carbonyl (C=O) groups is 2. The molecule has 2 aromatic rings. The van der Waals surface area contributed by atoms with Crippen LogP contribution in [0.4, 0.5) is 14.6 Å². The van der Waals surface area contributed by atoms with Gasteiger partial charge in [-0.05, 0) is 32.4 Å². The van der Waals surface area contributed by atoms with Gasteiger partial charge in [0.2, 0.25) is 5.78 Å². The molecule has 1 aromatic heterocycles. The van der Waals surface area contributed by atoms with Crippen LogP contribution in [-0.4, -0.2) is 64.9 Å². The van der Waals surface area contributed by atoms with Crippen LogP contribution in [0.3, 0.4) is 0 Å². The van der Waals surface area contributed by atoms with Gasteiger partial charge in [0.1, 0.15) is 23.0 Å². The first kappa shape index (κ1) is 23.8. The van der Waals surface area contributed by atoms with E-state index in [1.165, 1.54) is 0 Å². The van der Waals surface area contributed by atoms with Crippen molar-refractivity contribution in [2.45, 2.75) is 45.9 Å². The van der Waals surface area contributed by atoms with Crippen LogP contribution in [0.1, 0.15) is 47.2 Å². The summed E-state index contributed by atoms with van der Waals surface area (Å²) in [6.45, 7) is 7.75. The number of aromatic nitrogens is 2. The van der Waals surface area contributed by atoms with Crippen molar-refractivity contribution in [3.63, 3.8) is 0 Å². The summed E-state index contributed by atoms with van der Waals surface area (Å²) in [5.41, 5.74) is 5.92. The van der Waals surface area contributed by atoms with Crippen LogP contribution in [-0.2, 0) is 22.4 Å². The van der Waals surface area contributed by atoms with Gasteiger partial charge < -0.3 is 15.2 Å². The minimum atomic E-state index is -1.01. The Hall–Kier alpha value is -2.85. The third-order valence-corrected chi connectivity index (χ3v) is 5.30. The van der Waals surface area contributed by atoms with Gasteiger partial charge in [-0.2, -0.15) is 5.10 Å². The SMILES string of the molecule is CCc1nn(CCN2C[C@@H](C)O[C@@H](C)C2)c(N)c1C(=O)OCC(=O)c1c(F)cccc1F. The number of ether oxygens (including phenoxy) is 2. The lowest BCUT2D eigenvalue weighted by atomic mass is 10.1. The average molecular weight is 450 g/mol. The summed E-state index contributed by atoms with van der Waals surface area (Å²) < 4.78 is 39.9. The molecule has 3 rings (SSSR count). The van der Waals surface area contributed by atoms with E-state index >= 15 is 0 Å². The number of anilines is 1. The summed E-state index contributed by atoms with van der Waals surface area (Å²) in [6.07, 6.45) is 0.674. The molecule has 1 fully saturated rings. The van der Waals surface area contributed by atoms with E-state index in [1.54, 1.807) is 4.68 Å². The van der Waals surface area contributed by atoms with Crippen molar-refractivity contribution < 1.29 is 27.8 Å². The van der Waals surface area contributed by atoms with E-state index in [0.717, 1.165) is 31.3 Å². The molecule has 1 aromatic carbocycles. The van der Waals surface area contributed by atoms with Crippen molar-refractivity contribution >= 4 is 17.6 Å². The average Bonchev–Trinajstić information content (AvgIpc) is 3.05. The fourth-order valence-electron chi connectivity index (χ4n) is 3.91. The maximum Gasteiger partial charge on any atom is 0.344 e. The Morgan fingerprint density at radius 3 is 2.38 bits per heavy atom. The van der Waals surface area contributed by atoms with Gasteiger partial charge in [0.15, 0.2) is 6.61 Å². The Morgan fingerprint density at radius 2 is 1.78 bits per heavy atom. The number of nitrogen functional groups attached to an aromatic ring is 1. The number of aryl methyl sites for hydroxylation is 1. The molecule has 0 spiro atoms. The Balaban J connectivity index is 1.67. The highest BCUT2D eigenvalue weighted by atomic mass is 19.1. The van der Waals surface area contributed by atoms with Gasteiger partial charge in [0, 0.05) is 19.6 Å². The third kappa shape index (κ3) is 5.31. The monoisotopic (exact) mass is 450 g/mol. The fraction of sp³-hybridized carbons (Fsp3) is 0.500. The van der Waals surface area contributed by atoms with Gasteiger partial charge in [-0.1, -0.05) is 13.0 Å². The fourth-order valence-corrected chi connectivity index (χ4v) is 3.91. The predicted molar refractivity (Wildman–Crippen MR) is 113 cm³/mol. The van der Waals surface area contributed by atoms with Gasteiger partial charge >= 0.3 is 5.97 Å². The summed E-state index contributed by atoms with van der Waals surface area (Å²) in [5, 5.41) is 4.41. The van der Waals surface area contributed by atoms with Crippen molar-refractivity contribution in [2.24, 2.45) is 0 Å². The number of esters is 1. The molecule has 0 unspecified atom stereocenters. The van der Waals surface area contributed by atoms with Gasteiger partial charge in [0.25, 0.3) is 0 Å². The molecule has 0 saturated carbocycles. The second kappa shape index (κ2) is 10.2. The number of rotatable bonds is 8. The molecular formula is C22H28F2N4O4. The molecule has 2 heterocycles. The Labute approximate surface area is 185 Å². The van der Waals surface area contributed by atoms with E-state index in [0.29, 0.717) is 25.2 Å². The maximum absolute atomic E-state index is 13.8. The molecule has 174 valence electrons. The summed E-state index contributed by atoms with van der Waals surface area (Å²) in [7, 11) is 0. The molecule has 0 radical (unpaired) electrons. The van der Waals surface area contributed by atoms with Crippen molar-refractivity contribution in [3.05, 3.63) is 46.7 Å². The standard InChI is InChI=1S/C22H28F2N4O4/c1-4-17-20(22(30)31-12-18(29)19-15(23)6-5-7-16(19)24)21(25)28(26-17)9-8-27-10-13(2)32-14(3)11-27/h5-7,13-14H,4,8-12,25H2,1-3H3/t13-,14+. The van der Waals surface area contributed by atoms with Crippen LogP contribution in [0.25, 0.3) is 0 Å². The summed E-state index contributed by atoms with van der Waals surface area (Å²) in [4.78, 5) is 27.0. The molecule has 10 heteroatoms. The molecule has 1 aliphatic rings. The number of benzene rings is 1. The zero-order valence-electron chi connectivity index (χ0n) is 18.4. The van der Waals surface area contributed by atoms with Crippen LogP contribution in [0.2, 0.25) is 0 Å². The molecule has 32 heavy (non-hydrogen) atoms. The van der Waals surface area contributed by atoms with E-state index in [-0.39, 0.29) is 23.6 Å². The molecule has 8 nitrogen and oxygen atoms in total. The molecule has 1 aliphatic heterocycles. The minimum absolute atomic E-state index is 0.0676. The second-order valence-corrected chi connectivity index (χ2v) is 7.90. The van der Waals surface area contributed by atoms with Gasteiger partial charge in [-0.15, -0.1) is 0 Å². The molecule has 2 atom stereocenters. The number of nitrogens with two attached hydrogens (primary N) is 1. The molecule has 1 saturated heterocycles. The summed E-state index contributed by atoms with van der Waals surface area (Å²) in [6, 6.07) is 3.07. The van der Waals surface area contributed by atoms with Crippen molar-refractivity contribution in [1.29, 1.82) is 0 Å². The lowest BCUT2D eigenvalue weighted by molar-refractivity contribution is -0.0687. The van der Waals surface area contributed by atoms with E-state index in [9.17, 15) is 18.4 Å². The highest BCUT2D eigenvalue weighted by Crippen LogP contribution is 2.20. The lowest BCUT2D eigenvalue weighted by Gasteiger charge is -2.35. The van der Waals surface area contributed by atoms with Gasteiger partial charge in [0.05, 0.1) is 30.0 Å². The highest BCUT2D eigenvalue weighted by Gasteiger charge is 2.26. The molecule has 0 bridgehead atoms. The van der Waals surface area contributed by atoms with Crippen LogP contribution in [0.15, 0.2) is 18.2 Å². The van der Waals surface area contributed by atoms with Gasteiger partial charge in [-0.25, -0.2) is 18.3 Å². The van der Waals surface area contributed by atoms with E-state index in [2.05, 4.69) is 10.00 Å². The van der Waals surface area contributed by atoms with Crippen LogP contribution in [0, 0.1) is 11.6 Å². The molecular weight excluding hydrogens is 422 g/mol. The van der Waals surface area contributed by atoms with Crippen LogP contribution >= 0.6 is 0 Å². The number of hydrogen-bond donors (Lipinski definition) is 1. The summed E-state index contributed by atoms with van der Waals surface area (Å²) in [5.74, 6) is -3.73. The Bertz CT molecular complexity index is 964. The van der Waals surface area contributed by atoms with Crippen molar-refractivity contribution in [3.8, 4) is 0 Å². The van der Waals surface area contributed by atoms with E-state index in [1.807, 2.05) is 20.8 Å². The Kier molecular flexibility index (Phi) is 7.57. The smallest absolute Gasteiger partial charge is 0.344 e. The first-order valence-electron chi connectivity index (χ1n) is 10.6. The lowest BCUT2D eigenvalue weighted by Crippen LogP contribution is -2.46. The second-order valence-electron chi connectivity index (χ2n) is 7.90. The molecule has 0 aliphatic carbocycles. The number of hydrogen-bond acceptors (Lipinski definition) is 7. The maximum atomic E-state index is 13.8. The minimum Gasteiger partial charge on any atom is -0.454 e. The number of carbonyl (C=O) groups excluding carboxylic acids is 2. The van der Waals surface area contributed by atoms with Crippen LogP contribution < -0.4 is 5.73 Å². The number of Topliss-reactive ketones (excluding diaryl/α,β-unsaturated/α-hetero) is 1. The van der Waals surface area contributed by atoms with Crippen molar-refractivity contribution in [2.75, 3.05) is 32.0 Å². The topological polar surface area (TPSA) is 99.7 Å². The normalized spacial score (nSPS) is 19.2. The number of nitrogens with zero attached hydrogens (tertiary/aromatic N) is 3. The number of morpholine rings is 1. The quantitative estimate of drug-likeness (QED) is 0.487. The zero-order valence-corrected chi connectivity index (χ0v) is 18.4. The first-order valence-corrected chi connectivity index (χ1v) is 10.6. The number of halogens is 2. The highest BCUT2D eigenvalue weighted by molar-refractivity contribution is 6.01. The third-order valence-electron chi connectivity index (χ3n) is 5.30. The van der Waals surface area contributed by atoms with E-state index in [4.69, 9.17) is 15.2 Å². The predicted octanol–water partition coefficient (Wildman–Crippen LogP) is 2.45. The van der Waals surface area contributed by atoms with Gasteiger partial charge in [-0.3, -0.25) is 9.69 Å². The van der Waals surface area contributed by atoms with E-state index < -0.39 is 35.6 Å². The van der Waals surface area contributed by atoms with Crippen LogP contribution in [0.5, 0.6) is 0 Å². The van der Waals surface area contributed by atoms with Crippen molar-refractivity contribution in [1.82, 2.24) is 14.7 Å².